The number of hydrogen-bond donors (Lipinski definition) is 1. The Bertz CT molecular complexity index is 1260. The third kappa shape index (κ3) is 3.57. The molecule has 0 atom stereocenters. The molecule has 1 aromatic heterocycles. The van der Waals surface area contributed by atoms with Crippen LogP contribution in [0.3, 0.4) is 0 Å². The highest BCUT2D eigenvalue weighted by atomic mass is 19.1. The molecular formula is C20H11F3N4O2. The van der Waals surface area contributed by atoms with E-state index in [4.69, 9.17) is 0 Å². The molecule has 144 valence electrons. The van der Waals surface area contributed by atoms with E-state index >= 15 is 0 Å². The first-order valence-corrected chi connectivity index (χ1v) is 8.33. The molecule has 3 aromatic carbocycles. The highest BCUT2D eigenvalue weighted by molar-refractivity contribution is 5.92. The van der Waals surface area contributed by atoms with Gasteiger partial charge in [0, 0.05) is 29.4 Å². The normalized spacial score (nSPS) is 10.9. The van der Waals surface area contributed by atoms with Gasteiger partial charge in [0.05, 0.1) is 15.8 Å². The average molecular weight is 396 g/mol. The van der Waals surface area contributed by atoms with Crippen LogP contribution in [0.25, 0.3) is 22.0 Å². The van der Waals surface area contributed by atoms with Gasteiger partial charge in [-0.25, -0.2) is 18.7 Å². The Hall–Kier alpha value is -4.01. The van der Waals surface area contributed by atoms with Gasteiger partial charge in [0.1, 0.15) is 23.8 Å². The lowest BCUT2D eigenvalue weighted by molar-refractivity contribution is -0.387. The lowest BCUT2D eigenvalue weighted by atomic mass is 10.0. The number of anilines is 2. The van der Waals surface area contributed by atoms with Crippen LogP contribution in [0.15, 0.2) is 60.9 Å². The molecule has 6 nitrogen and oxygen atoms in total. The topological polar surface area (TPSA) is 81.0 Å². The minimum absolute atomic E-state index is 0.186. The Morgan fingerprint density at radius 2 is 1.76 bits per heavy atom. The second-order valence-electron chi connectivity index (χ2n) is 6.13. The van der Waals surface area contributed by atoms with Gasteiger partial charge < -0.3 is 5.32 Å². The smallest absolute Gasteiger partial charge is 0.305 e. The molecule has 4 rings (SSSR count). The second kappa shape index (κ2) is 7.19. The van der Waals surface area contributed by atoms with Crippen LogP contribution in [0, 0.1) is 27.6 Å². The number of hydrogen-bond acceptors (Lipinski definition) is 5. The number of aromatic nitrogens is 2. The largest absolute Gasteiger partial charge is 0.340 e. The monoisotopic (exact) mass is 396 g/mol. The number of nitrogens with zero attached hydrogens (tertiary/aromatic N) is 3. The van der Waals surface area contributed by atoms with Gasteiger partial charge in [-0.3, -0.25) is 10.1 Å². The highest BCUT2D eigenvalue weighted by Gasteiger charge is 2.18. The molecule has 0 aliphatic carbocycles. The van der Waals surface area contributed by atoms with Crippen molar-refractivity contribution in [2.75, 3.05) is 5.32 Å². The van der Waals surface area contributed by atoms with Gasteiger partial charge in [-0.15, -0.1) is 0 Å². The minimum Gasteiger partial charge on any atom is -0.340 e. The Kier molecular flexibility index (Phi) is 4.55. The molecule has 0 saturated carbocycles. The molecule has 0 spiro atoms. The van der Waals surface area contributed by atoms with Crippen molar-refractivity contribution in [2.45, 2.75) is 0 Å². The van der Waals surface area contributed by atoms with Crippen LogP contribution in [-0.4, -0.2) is 14.9 Å². The van der Waals surface area contributed by atoms with E-state index in [1.54, 1.807) is 24.3 Å². The van der Waals surface area contributed by atoms with Gasteiger partial charge in [-0.1, -0.05) is 12.1 Å². The van der Waals surface area contributed by atoms with Gasteiger partial charge in [0.25, 0.3) is 0 Å². The van der Waals surface area contributed by atoms with Crippen LogP contribution in [0.1, 0.15) is 0 Å². The summed E-state index contributed by atoms with van der Waals surface area (Å²) in [6.45, 7) is 0. The fourth-order valence-corrected chi connectivity index (χ4v) is 2.93. The van der Waals surface area contributed by atoms with Crippen LogP contribution in [0.5, 0.6) is 0 Å². The van der Waals surface area contributed by atoms with Crippen molar-refractivity contribution < 1.29 is 18.1 Å². The maximum atomic E-state index is 14.1. The Morgan fingerprint density at radius 1 is 0.931 bits per heavy atom. The summed E-state index contributed by atoms with van der Waals surface area (Å²) in [7, 11) is 0. The quantitative estimate of drug-likeness (QED) is 0.371. The molecule has 9 heteroatoms. The van der Waals surface area contributed by atoms with E-state index in [0.29, 0.717) is 11.3 Å². The molecule has 0 bridgehead atoms. The van der Waals surface area contributed by atoms with Crippen LogP contribution in [-0.2, 0) is 0 Å². The molecule has 29 heavy (non-hydrogen) atoms. The van der Waals surface area contributed by atoms with Crippen LogP contribution >= 0.6 is 0 Å². The van der Waals surface area contributed by atoms with E-state index in [0.717, 1.165) is 24.3 Å². The van der Waals surface area contributed by atoms with Crippen molar-refractivity contribution in [3.63, 3.8) is 0 Å². The number of halogens is 3. The molecule has 0 saturated heterocycles. The van der Waals surface area contributed by atoms with Gasteiger partial charge in [0.2, 0.25) is 5.82 Å². The number of fused-ring (bicyclic) bond motifs is 1. The van der Waals surface area contributed by atoms with Crippen LogP contribution in [0.2, 0.25) is 0 Å². The van der Waals surface area contributed by atoms with Crippen molar-refractivity contribution in [1.82, 2.24) is 9.97 Å². The zero-order valence-electron chi connectivity index (χ0n) is 14.6. The highest BCUT2D eigenvalue weighted by Crippen LogP contribution is 2.31. The summed E-state index contributed by atoms with van der Waals surface area (Å²) in [4.78, 5) is 18.2. The predicted molar refractivity (Wildman–Crippen MR) is 101 cm³/mol. The molecule has 1 N–H and O–H groups in total. The van der Waals surface area contributed by atoms with Gasteiger partial charge >= 0.3 is 5.69 Å². The maximum absolute atomic E-state index is 14.1. The zero-order valence-corrected chi connectivity index (χ0v) is 14.6. The first-order chi connectivity index (χ1) is 13.9. The van der Waals surface area contributed by atoms with Crippen molar-refractivity contribution in [3.8, 4) is 11.1 Å². The first kappa shape index (κ1) is 18.4. The van der Waals surface area contributed by atoms with Gasteiger partial charge in [-0.2, -0.15) is 4.39 Å². The third-order valence-corrected chi connectivity index (χ3v) is 4.27. The zero-order chi connectivity index (χ0) is 20.5. The predicted octanol–water partition coefficient (Wildman–Crippen LogP) is 5.37. The summed E-state index contributed by atoms with van der Waals surface area (Å²) in [5.41, 5.74) is 0.685. The molecule has 0 radical (unpaired) electrons. The molecule has 1 heterocycles. The molecule has 0 unspecified atom stereocenters. The summed E-state index contributed by atoms with van der Waals surface area (Å²) in [5, 5.41) is 14.3. The summed E-state index contributed by atoms with van der Waals surface area (Å²) in [5.74, 6) is -2.17. The van der Waals surface area contributed by atoms with Crippen molar-refractivity contribution >= 4 is 28.1 Å². The van der Waals surface area contributed by atoms with E-state index in [1.165, 1.54) is 12.4 Å². The minimum atomic E-state index is -0.999. The Morgan fingerprint density at radius 3 is 2.52 bits per heavy atom. The fourth-order valence-electron chi connectivity index (χ4n) is 2.93. The van der Waals surface area contributed by atoms with E-state index in [-0.39, 0.29) is 22.3 Å². The summed E-state index contributed by atoms with van der Waals surface area (Å²) >= 11 is 0. The van der Waals surface area contributed by atoms with Gasteiger partial charge in [0.15, 0.2) is 0 Å². The standard InChI is InChI=1S/C20H11F3N4O2/c21-12-4-5-14(16(22)7-12)11-2-1-3-13(6-11)26-20-15-8-19(27(28)29)17(23)9-18(15)24-10-25-20/h1-10H,(H,24,25,26). The Labute approximate surface area is 161 Å². The lowest BCUT2D eigenvalue weighted by Crippen LogP contribution is -1.99. The van der Waals surface area contributed by atoms with E-state index in [2.05, 4.69) is 15.3 Å². The SMILES string of the molecule is O=[N+]([O-])c1cc2c(Nc3cccc(-c4ccc(F)cc4F)c3)ncnc2cc1F. The van der Waals surface area contributed by atoms with Crippen LogP contribution in [0.4, 0.5) is 30.4 Å². The van der Waals surface area contributed by atoms with Gasteiger partial charge in [-0.05, 0) is 29.8 Å². The molecule has 0 aliphatic rings. The average Bonchev–Trinajstić information content (AvgIpc) is 2.67. The second-order valence-corrected chi connectivity index (χ2v) is 6.13. The van der Waals surface area contributed by atoms with Crippen molar-refractivity contribution in [1.29, 1.82) is 0 Å². The summed E-state index contributed by atoms with van der Waals surface area (Å²) < 4.78 is 41.1. The summed E-state index contributed by atoms with van der Waals surface area (Å²) in [6, 6.07) is 11.9. The lowest BCUT2D eigenvalue weighted by Gasteiger charge is -2.10. The molecule has 4 aromatic rings. The maximum Gasteiger partial charge on any atom is 0.305 e. The number of benzene rings is 3. The Balaban J connectivity index is 1.76. The fraction of sp³-hybridized carbons (Fsp3) is 0. The van der Waals surface area contributed by atoms with E-state index in [1.807, 2.05) is 0 Å². The molecular weight excluding hydrogens is 385 g/mol. The van der Waals surface area contributed by atoms with Crippen molar-refractivity contribution in [2.24, 2.45) is 0 Å². The van der Waals surface area contributed by atoms with Crippen LogP contribution < -0.4 is 5.32 Å². The molecule has 0 amide bonds. The number of nitro groups is 1. The number of nitrogens with one attached hydrogen (secondary N) is 1. The first-order valence-electron chi connectivity index (χ1n) is 8.33. The molecule has 0 aliphatic heterocycles. The number of rotatable bonds is 4. The molecule has 0 fully saturated rings. The summed E-state index contributed by atoms with van der Waals surface area (Å²) in [6.07, 6.45) is 1.19. The number of nitro benzene ring substituents is 1. The van der Waals surface area contributed by atoms with E-state index in [9.17, 15) is 23.3 Å². The van der Waals surface area contributed by atoms with E-state index < -0.39 is 28.1 Å². The van der Waals surface area contributed by atoms with Crippen molar-refractivity contribution in [3.05, 3.63) is 88.5 Å². The third-order valence-electron chi connectivity index (χ3n) is 4.27.